The van der Waals surface area contributed by atoms with Gasteiger partial charge in [0.25, 0.3) is 0 Å². The van der Waals surface area contributed by atoms with Crippen LogP contribution in [0.4, 0.5) is 0 Å². The van der Waals surface area contributed by atoms with E-state index in [2.05, 4.69) is 21.7 Å². The number of fused-ring (bicyclic) bond motifs is 1. The van der Waals surface area contributed by atoms with Crippen LogP contribution < -0.4 is 5.32 Å². The molecule has 2 aliphatic rings. The molecule has 23 heavy (non-hydrogen) atoms. The van der Waals surface area contributed by atoms with Crippen molar-refractivity contribution in [2.45, 2.75) is 32.2 Å². The van der Waals surface area contributed by atoms with Gasteiger partial charge in [0.05, 0.1) is 6.54 Å². The van der Waals surface area contributed by atoms with Gasteiger partial charge in [0.2, 0.25) is 5.91 Å². The van der Waals surface area contributed by atoms with Crippen LogP contribution in [-0.4, -0.2) is 55.5 Å². The molecule has 1 saturated heterocycles. The SMILES string of the molecule is CNCCC1CCN(CC(=O)N2CCc3sccc3C2)CC1.Cl. The van der Waals surface area contributed by atoms with Gasteiger partial charge in [0.1, 0.15) is 0 Å². The third kappa shape index (κ3) is 4.92. The first-order valence-electron chi connectivity index (χ1n) is 8.46. The first-order valence-corrected chi connectivity index (χ1v) is 9.34. The molecule has 1 aromatic rings. The zero-order valence-electron chi connectivity index (χ0n) is 13.9. The number of hydrogen-bond donors (Lipinski definition) is 1. The van der Waals surface area contributed by atoms with Gasteiger partial charge >= 0.3 is 0 Å². The van der Waals surface area contributed by atoms with Crippen LogP contribution in [0.3, 0.4) is 0 Å². The predicted molar refractivity (Wildman–Crippen MR) is 98.4 cm³/mol. The maximum atomic E-state index is 12.5. The van der Waals surface area contributed by atoms with Crippen LogP contribution in [0.5, 0.6) is 0 Å². The zero-order valence-corrected chi connectivity index (χ0v) is 15.6. The molecule has 1 fully saturated rings. The van der Waals surface area contributed by atoms with E-state index in [1.54, 1.807) is 0 Å². The molecule has 3 heterocycles. The Kier molecular flexibility index (Phi) is 7.34. The summed E-state index contributed by atoms with van der Waals surface area (Å²) in [5.41, 5.74) is 1.36. The number of amides is 1. The second-order valence-electron chi connectivity index (χ2n) is 6.55. The van der Waals surface area contributed by atoms with Crippen molar-refractivity contribution in [2.75, 3.05) is 39.8 Å². The van der Waals surface area contributed by atoms with E-state index >= 15 is 0 Å². The number of hydrogen-bond acceptors (Lipinski definition) is 4. The standard InChI is InChI=1S/C17H27N3OS.ClH/c1-18-7-2-14-3-8-19(9-4-14)13-17(21)20-10-5-16-15(12-20)6-11-22-16;/h6,11,14,18H,2-5,7-10,12-13H2,1H3;1H. The summed E-state index contributed by atoms with van der Waals surface area (Å²) >= 11 is 1.83. The molecule has 0 saturated carbocycles. The molecule has 6 heteroatoms. The highest BCUT2D eigenvalue weighted by molar-refractivity contribution is 7.10. The minimum atomic E-state index is 0. The molecule has 0 spiro atoms. The fraction of sp³-hybridized carbons (Fsp3) is 0.706. The van der Waals surface area contributed by atoms with E-state index in [1.807, 2.05) is 23.3 Å². The number of nitrogens with one attached hydrogen (secondary N) is 1. The quantitative estimate of drug-likeness (QED) is 0.878. The summed E-state index contributed by atoms with van der Waals surface area (Å²) in [6, 6.07) is 2.17. The lowest BCUT2D eigenvalue weighted by molar-refractivity contribution is -0.133. The molecule has 0 atom stereocenters. The van der Waals surface area contributed by atoms with Crippen LogP contribution in [0.15, 0.2) is 11.4 Å². The Bertz CT molecular complexity index is 500. The summed E-state index contributed by atoms with van der Waals surface area (Å²) in [7, 11) is 2.02. The summed E-state index contributed by atoms with van der Waals surface area (Å²) < 4.78 is 0. The van der Waals surface area contributed by atoms with Crippen molar-refractivity contribution in [1.82, 2.24) is 15.1 Å². The summed E-state index contributed by atoms with van der Waals surface area (Å²) in [6.45, 7) is 5.59. The van der Waals surface area contributed by atoms with Crippen molar-refractivity contribution in [3.63, 3.8) is 0 Å². The van der Waals surface area contributed by atoms with Crippen LogP contribution in [0, 0.1) is 5.92 Å². The normalized spacial score (nSPS) is 19.3. The summed E-state index contributed by atoms with van der Waals surface area (Å²) in [5.74, 6) is 1.15. The molecule has 1 amide bonds. The molecular formula is C17H28ClN3OS. The van der Waals surface area contributed by atoms with Gasteiger partial charge < -0.3 is 10.2 Å². The highest BCUT2D eigenvalue weighted by Gasteiger charge is 2.25. The van der Waals surface area contributed by atoms with E-state index in [4.69, 9.17) is 0 Å². The fourth-order valence-corrected chi connectivity index (χ4v) is 4.42. The van der Waals surface area contributed by atoms with Crippen molar-refractivity contribution >= 4 is 29.7 Å². The summed E-state index contributed by atoms with van der Waals surface area (Å²) in [6.07, 6.45) is 4.78. The average molecular weight is 358 g/mol. The van der Waals surface area contributed by atoms with Crippen LogP contribution >= 0.6 is 23.7 Å². The molecule has 1 N–H and O–H groups in total. The molecule has 2 aliphatic heterocycles. The van der Waals surface area contributed by atoms with E-state index in [9.17, 15) is 4.79 Å². The van der Waals surface area contributed by atoms with E-state index in [0.29, 0.717) is 12.5 Å². The van der Waals surface area contributed by atoms with Gasteiger partial charge in [0, 0.05) is 18.0 Å². The topological polar surface area (TPSA) is 35.6 Å². The average Bonchev–Trinajstić information content (AvgIpc) is 3.01. The Balaban J connectivity index is 0.00000192. The lowest BCUT2D eigenvalue weighted by Gasteiger charge is -2.34. The molecule has 0 aliphatic carbocycles. The van der Waals surface area contributed by atoms with Gasteiger partial charge in [-0.1, -0.05) is 0 Å². The lowest BCUT2D eigenvalue weighted by atomic mass is 9.93. The van der Waals surface area contributed by atoms with E-state index in [-0.39, 0.29) is 12.4 Å². The van der Waals surface area contributed by atoms with Gasteiger partial charge in [0.15, 0.2) is 0 Å². The molecule has 0 unspecified atom stereocenters. The number of likely N-dealkylation sites (tertiary alicyclic amines) is 1. The maximum Gasteiger partial charge on any atom is 0.237 e. The van der Waals surface area contributed by atoms with Gasteiger partial charge in [-0.25, -0.2) is 0 Å². The van der Waals surface area contributed by atoms with Crippen molar-refractivity contribution in [3.05, 3.63) is 21.9 Å². The Morgan fingerprint density at radius 1 is 1.35 bits per heavy atom. The van der Waals surface area contributed by atoms with Crippen molar-refractivity contribution < 1.29 is 4.79 Å². The number of nitrogens with zero attached hydrogens (tertiary/aromatic N) is 2. The molecule has 0 aromatic carbocycles. The number of rotatable bonds is 5. The Morgan fingerprint density at radius 3 is 2.87 bits per heavy atom. The molecule has 0 radical (unpaired) electrons. The number of carbonyl (C=O) groups is 1. The van der Waals surface area contributed by atoms with E-state index in [0.717, 1.165) is 45.1 Å². The lowest BCUT2D eigenvalue weighted by Crippen LogP contribution is -2.45. The van der Waals surface area contributed by atoms with Gasteiger partial charge in [-0.3, -0.25) is 9.69 Å². The number of carbonyl (C=O) groups excluding carboxylic acids is 1. The first kappa shape index (κ1) is 18.7. The zero-order chi connectivity index (χ0) is 15.4. The Hall–Kier alpha value is -0.620. The highest BCUT2D eigenvalue weighted by atomic mass is 35.5. The van der Waals surface area contributed by atoms with Gasteiger partial charge in [-0.15, -0.1) is 23.7 Å². The van der Waals surface area contributed by atoms with Gasteiger partial charge in [-0.05, 0) is 75.3 Å². The monoisotopic (exact) mass is 357 g/mol. The number of halogens is 1. The van der Waals surface area contributed by atoms with Gasteiger partial charge in [-0.2, -0.15) is 0 Å². The summed E-state index contributed by atoms with van der Waals surface area (Å²) in [4.78, 5) is 18.4. The third-order valence-corrected chi connectivity index (χ3v) is 6.05. The van der Waals surface area contributed by atoms with Crippen LogP contribution in [0.1, 0.15) is 29.7 Å². The minimum Gasteiger partial charge on any atom is -0.337 e. The number of thiophene rings is 1. The Morgan fingerprint density at radius 2 is 2.13 bits per heavy atom. The van der Waals surface area contributed by atoms with Crippen LogP contribution in [-0.2, 0) is 17.8 Å². The maximum absolute atomic E-state index is 12.5. The fourth-order valence-electron chi connectivity index (χ4n) is 3.53. The van der Waals surface area contributed by atoms with Crippen molar-refractivity contribution in [2.24, 2.45) is 5.92 Å². The van der Waals surface area contributed by atoms with Crippen molar-refractivity contribution in [1.29, 1.82) is 0 Å². The molecular weight excluding hydrogens is 330 g/mol. The molecule has 4 nitrogen and oxygen atoms in total. The van der Waals surface area contributed by atoms with E-state index < -0.39 is 0 Å². The second kappa shape index (κ2) is 9.02. The number of piperidine rings is 1. The minimum absolute atomic E-state index is 0. The molecule has 0 bridgehead atoms. The highest BCUT2D eigenvalue weighted by Crippen LogP contribution is 2.24. The van der Waals surface area contributed by atoms with E-state index in [1.165, 1.54) is 29.7 Å². The second-order valence-corrected chi connectivity index (χ2v) is 7.55. The Labute approximate surface area is 149 Å². The first-order chi connectivity index (χ1) is 10.8. The smallest absolute Gasteiger partial charge is 0.237 e. The van der Waals surface area contributed by atoms with Crippen LogP contribution in [0.2, 0.25) is 0 Å². The predicted octanol–water partition coefficient (Wildman–Crippen LogP) is 2.38. The van der Waals surface area contributed by atoms with Crippen molar-refractivity contribution in [3.8, 4) is 0 Å². The molecule has 130 valence electrons. The molecule has 3 rings (SSSR count). The molecule has 1 aromatic heterocycles. The summed E-state index contributed by atoms with van der Waals surface area (Å²) in [5, 5.41) is 5.38. The van der Waals surface area contributed by atoms with Crippen LogP contribution in [0.25, 0.3) is 0 Å². The third-order valence-electron chi connectivity index (χ3n) is 5.03. The largest absolute Gasteiger partial charge is 0.337 e.